The third kappa shape index (κ3) is 5.76. The first-order chi connectivity index (χ1) is 17.0. The quantitative estimate of drug-likeness (QED) is 0.544. The van der Waals surface area contributed by atoms with Crippen LogP contribution in [0.3, 0.4) is 0 Å². The van der Waals surface area contributed by atoms with Crippen LogP contribution in [0.4, 0.5) is 20.7 Å². The Labute approximate surface area is 209 Å². The molecule has 1 aromatic carbocycles. The Morgan fingerprint density at radius 1 is 1.25 bits per heavy atom. The summed E-state index contributed by atoms with van der Waals surface area (Å²) in [6.07, 6.45) is 0.184. The van der Waals surface area contributed by atoms with Crippen molar-refractivity contribution < 1.29 is 31.9 Å². The van der Waals surface area contributed by atoms with E-state index < -0.39 is 39.9 Å². The fraction of sp³-hybridized carbons (Fsp3) is 0.458. The molecule has 0 radical (unpaired) electrons. The number of sulfone groups is 1. The summed E-state index contributed by atoms with van der Waals surface area (Å²) in [5.74, 6) is -0.403. The molecule has 1 aromatic heterocycles. The number of benzene rings is 1. The predicted octanol–water partition coefficient (Wildman–Crippen LogP) is 1.97. The highest BCUT2D eigenvalue weighted by atomic mass is 32.2. The zero-order valence-electron chi connectivity index (χ0n) is 20.1. The monoisotopic (exact) mass is 520 g/mol. The summed E-state index contributed by atoms with van der Waals surface area (Å²) in [4.78, 5) is 31.8. The Bertz CT molecular complexity index is 1220. The van der Waals surface area contributed by atoms with Crippen LogP contribution in [0.1, 0.15) is 13.8 Å². The average Bonchev–Trinajstić information content (AvgIpc) is 3.22. The van der Waals surface area contributed by atoms with Crippen LogP contribution in [0, 0.1) is 11.7 Å². The molecule has 2 atom stereocenters. The van der Waals surface area contributed by atoms with E-state index in [9.17, 15) is 18.0 Å². The van der Waals surface area contributed by atoms with Gasteiger partial charge >= 0.3 is 12.1 Å². The van der Waals surface area contributed by atoms with Gasteiger partial charge < -0.3 is 20.1 Å². The molecule has 2 N–H and O–H groups in total. The third-order valence-electron chi connectivity index (χ3n) is 6.27. The van der Waals surface area contributed by atoms with Crippen molar-refractivity contribution in [1.82, 2.24) is 4.98 Å². The van der Waals surface area contributed by atoms with Gasteiger partial charge in [0.05, 0.1) is 23.7 Å². The second kappa shape index (κ2) is 10.4. The van der Waals surface area contributed by atoms with Crippen LogP contribution in [0.25, 0.3) is 11.1 Å². The number of cyclic esters (lactones) is 1. The van der Waals surface area contributed by atoms with Crippen molar-refractivity contribution >= 4 is 33.4 Å². The molecule has 10 nitrogen and oxygen atoms in total. The molecule has 0 aliphatic carbocycles. The molecule has 36 heavy (non-hydrogen) atoms. The van der Waals surface area contributed by atoms with E-state index in [1.807, 2.05) is 4.90 Å². The van der Waals surface area contributed by atoms with Gasteiger partial charge in [0.15, 0.2) is 15.9 Å². The highest BCUT2D eigenvalue weighted by Gasteiger charge is 2.34. The number of esters is 1. The number of nitrogens with zero attached hydrogens (tertiary/aromatic N) is 3. The Hall–Kier alpha value is -3.25. The van der Waals surface area contributed by atoms with Gasteiger partial charge in [-0.05, 0) is 36.2 Å². The SMILES string of the molecule is CC(C)[C@H](N)C(=O)OC[C@H]1CN(c2ccc(-c3ccc(N4CCS(=O)(=O)CC4)nc3)c(F)c2)C(=O)O1. The maximum absolute atomic E-state index is 15.0. The van der Waals surface area contributed by atoms with Gasteiger partial charge in [0, 0.05) is 30.4 Å². The van der Waals surface area contributed by atoms with Crippen molar-refractivity contribution in [2.75, 3.05) is 47.5 Å². The first-order valence-electron chi connectivity index (χ1n) is 11.7. The second-order valence-corrected chi connectivity index (χ2v) is 11.5. The second-order valence-electron chi connectivity index (χ2n) is 9.22. The number of carbonyl (C=O) groups is 2. The highest BCUT2D eigenvalue weighted by molar-refractivity contribution is 7.91. The molecule has 0 spiro atoms. The molecule has 0 saturated carbocycles. The number of aromatic nitrogens is 1. The molecule has 2 aromatic rings. The maximum Gasteiger partial charge on any atom is 0.414 e. The van der Waals surface area contributed by atoms with Crippen molar-refractivity contribution in [3.05, 3.63) is 42.3 Å². The van der Waals surface area contributed by atoms with E-state index >= 15 is 4.39 Å². The van der Waals surface area contributed by atoms with Gasteiger partial charge in [0.1, 0.15) is 24.3 Å². The number of pyridine rings is 1. The summed E-state index contributed by atoms with van der Waals surface area (Å²) in [5.41, 5.74) is 6.92. The van der Waals surface area contributed by atoms with Gasteiger partial charge in [-0.2, -0.15) is 0 Å². The predicted molar refractivity (Wildman–Crippen MR) is 132 cm³/mol. The molecule has 0 bridgehead atoms. The van der Waals surface area contributed by atoms with Crippen molar-refractivity contribution in [2.24, 2.45) is 11.7 Å². The summed E-state index contributed by atoms with van der Waals surface area (Å²) in [6, 6.07) is 7.08. The van der Waals surface area contributed by atoms with Crippen LogP contribution in [0.2, 0.25) is 0 Å². The van der Waals surface area contributed by atoms with E-state index in [-0.39, 0.29) is 30.6 Å². The van der Waals surface area contributed by atoms with E-state index in [1.54, 1.807) is 38.1 Å². The molecule has 1 amide bonds. The Morgan fingerprint density at radius 3 is 2.58 bits per heavy atom. The van der Waals surface area contributed by atoms with Gasteiger partial charge in [-0.25, -0.2) is 22.6 Å². The lowest BCUT2D eigenvalue weighted by molar-refractivity contribution is -0.148. The number of nitrogens with two attached hydrogens (primary N) is 1. The number of rotatable bonds is 7. The van der Waals surface area contributed by atoms with Crippen LogP contribution >= 0.6 is 0 Å². The van der Waals surface area contributed by atoms with Crippen molar-refractivity contribution in [2.45, 2.75) is 26.0 Å². The van der Waals surface area contributed by atoms with Gasteiger partial charge in [-0.15, -0.1) is 0 Å². The minimum absolute atomic E-state index is 0.0836. The molecular formula is C24H29FN4O6S. The molecule has 194 valence electrons. The highest BCUT2D eigenvalue weighted by Crippen LogP contribution is 2.30. The summed E-state index contributed by atoms with van der Waals surface area (Å²) in [7, 11) is -3.00. The number of anilines is 2. The summed E-state index contributed by atoms with van der Waals surface area (Å²) in [6.45, 7) is 4.31. The minimum atomic E-state index is -3.00. The lowest BCUT2D eigenvalue weighted by Crippen LogP contribution is -2.40. The van der Waals surface area contributed by atoms with E-state index in [4.69, 9.17) is 15.2 Å². The Balaban J connectivity index is 1.39. The molecule has 2 aliphatic rings. The largest absolute Gasteiger partial charge is 0.460 e. The van der Waals surface area contributed by atoms with Crippen molar-refractivity contribution in [3.8, 4) is 11.1 Å². The first kappa shape index (κ1) is 25.8. The van der Waals surface area contributed by atoms with E-state index in [2.05, 4.69) is 4.98 Å². The zero-order chi connectivity index (χ0) is 26.0. The first-order valence-corrected chi connectivity index (χ1v) is 13.5. The summed E-state index contributed by atoms with van der Waals surface area (Å²) < 4.78 is 48.7. The fourth-order valence-electron chi connectivity index (χ4n) is 3.94. The summed E-state index contributed by atoms with van der Waals surface area (Å²) in [5, 5.41) is 0. The van der Waals surface area contributed by atoms with E-state index in [0.29, 0.717) is 35.7 Å². The number of carbonyl (C=O) groups excluding carboxylic acids is 2. The molecule has 2 saturated heterocycles. The van der Waals surface area contributed by atoms with Crippen LogP contribution in [0.5, 0.6) is 0 Å². The smallest absolute Gasteiger partial charge is 0.414 e. The van der Waals surface area contributed by atoms with Crippen LogP contribution in [-0.4, -0.2) is 75.4 Å². The average molecular weight is 521 g/mol. The molecule has 0 unspecified atom stereocenters. The number of halogens is 1. The number of amides is 1. The minimum Gasteiger partial charge on any atom is -0.460 e. The molecule has 2 aliphatic heterocycles. The molecular weight excluding hydrogens is 491 g/mol. The Morgan fingerprint density at radius 2 is 1.97 bits per heavy atom. The van der Waals surface area contributed by atoms with Gasteiger partial charge in [-0.1, -0.05) is 13.8 Å². The normalized spacial score (nSPS) is 20.4. The summed E-state index contributed by atoms with van der Waals surface area (Å²) >= 11 is 0. The zero-order valence-corrected chi connectivity index (χ0v) is 20.9. The topological polar surface area (TPSA) is 132 Å². The Kier molecular flexibility index (Phi) is 7.46. The van der Waals surface area contributed by atoms with Crippen molar-refractivity contribution in [1.29, 1.82) is 0 Å². The lowest BCUT2D eigenvalue weighted by atomic mass is 10.1. The fourth-order valence-corrected chi connectivity index (χ4v) is 5.14. The van der Waals surface area contributed by atoms with Crippen LogP contribution in [0.15, 0.2) is 36.5 Å². The van der Waals surface area contributed by atoms with E-state index in [1.165, 1.54) is 17.2 Å². The van der Waals surface area contributed by atoms with E-state index in [0.717, 1.165) is 0 Å². The van der Waals surface area contributed by atoms with Gasteiger partial charge in [-0.3, -0.25) is 9.69 Å². The molecule has 4 rings (SSSR count). The molecule has 2 fully saturated rings. The van der Waals surface area contributed by atoms with Crippen LogP contribution < -0.4 is 15.5 Å². The standard InChI is InChI=1S/C24H29FN4O6S/c1-15(2)22(26)23(30)34-14-18-13-29(24(31)35-18)17-4-5-19(20(25)11-17)16-3-6-21(27-12-16)28-7-9-36(32,33)10-8-28/h3-6,11-12,15,18,22H,7-10,13-14,26H2,1-2H3/t18-,22+/m1/s1. The molecule has 12 heteroatoms. The maximum atomic E-state index is 15.0. The number of hydrogen-bond donors (Lipinski definition) is 1. The lowest BCUT2D eigenvalue weighted by Gasteiger charge is -2.27. The number of hydrogen-bond acceptors (Lipinski definition) is 9. The van der Waals surface area contributed by atoms with Crippen molar-refractivity contribution in [3.63, 3.8) is 0 Å². The third-order valence-corrected chi connectivity index (χ3v) is 7.88. The molecule has 3 heterocycles. The van der Waals surface area contributed by atoms with Gasteiger partial charge in [0.25, 0.3) is 0 Å². The van der Waals surface area contributed by atoms with Gasteiger partial charge in [0.2, 0.25) is 0 Å². The van der Waals surface area contributed by atoms with Crippen LogP contribution in [-0.2, 0) is 24.1 Å². The number of ether oxygens (including phenoxy) is 2.